The number of amides is 1. The fraction of sp³-hybridized carbons (Fsp3) is 0.476. The molecule has 1 saturated heterocycles. The van der Waals surface area contributed by atoms with Gasteiger partial charge in [-0.25, -0.2) is 17.7 Å². The van der Waals surface area contributed by atoms with Crippen LogP contribution in [0.3, 0.4) is 0 Å². The minimum absolute atomic E-state index is 0.159. The fourth-order valence-corrected chi connectivity index (χ4v) is 4.99. The van der Waals surface area contributed by atoms with Crippen LogP contribution in [-0.4, -0.2) is 47.4 Å². The number of piperidine rings is 1. The van der Waals surface area contributed by atoms with Crippen molar-refractivity contribution in [1.82, 2.24) is 14.3 Å². The Hall–Kier alpha value is -2.52. The second-order valence-corrected chi connectivity index (χ2v) is 9.41. The number of ether oxygens (including phenoxy) is 1. The number of unbranched alkanes of at least 4 members (excludes halogenated alkanes) is 1. The lowest BCUT2D eigenvalue weighted by Gasteiger charge is -2.30. The van der Waals surface area contributed by atoms with Gasteiger partial charge in [0.1, 0.15) is 6.61 Å². The molecule has 0 radical (unpaired) electrons. The third-order valence-corrected chi connectivity index (χ3v) is 7.09. The van der Waals surface area contributed by atoms with E-state index >= 15 is 0 Å². The Balaban J connectivity index is 1.55. The summed E-state index contributed by atoms with van der Waals surface area (Å²) in [6.45, 7) is 3.05. The quantitative estimate of drug-likeness (QED) is 0.654. The maximum atomic E-state index is 12.7. The molecule has 1 amide bonds. The smallest absolute Gasteiger partial charge is 0.228 e. The molecule has 0 spiro atoms. The number of carbonyl (C=O) groups is 1. The van der Waals surface area contributed by atoms with Crippen molar-refractivity contribution in [2.45, 2.75) is 39.2 Å². The molecule has 8 nitrogen and oxygen atoms in total. The molecule has 0 aromatic carbocycles. The summed E-state index contributed by atoms with van der Waals surface area (Å²) in [6.07, 6.45) is 7.48. The van der Waals surface area contributed by atoms with Gasteiger partial charge in [0.25, 0.3) is 0 Å². The average Bonchev–Trinajstić information content (AvgIpc) is 2.78. The van der Waals surface area contributed by atoms with E-state index in [4.69, 9.17) is 4.74 Å². The minimum atomic E-state index is -3.23. The van der Waals surface area contributed by atoms with E-state index in [1.54, 1.807) is 30.7 Å². The molecule has 0 saturated carbocycles. The highest BCUT2D eigenvalue weighted by Gasteiger charge is 2.31. The Morgan fingerprint density at radius 2 is 1.93 bits per heavy atom. The van der Waals surface area contributed by atoms with Crippen LogP contribution in [0.25, 0.3) is 0 Å². The zero-order valence-electron chi connectivity index (χ0n) is 17.2. The molecule has 1 N–H and O–H groups in total. The summed E-state index contributed by atoms with van der Waals surface area (Å²) < 4.78 is 32.0. The lowest BCUT2D eigenvalue weighted by molar-refractivity contribution is -0.120. The molecule has 9 heteroatoms. The van der Waals surface area contributed by atoms with Crippen LogP contribution in [0.2, 0.25) is 0 Å². The molecule has 2 aromatic rings. The Morgan fingerprint density at radius 1 is 1.20 bits per heavy atom. The zero-order chi connectivity index (χ0) is 21.4. The summed E-state index contributed by atoms with van der Waals surface area (Å²) in [5.74, 6) is 0.620. The zero-order valence-corrected chi connectivity index (χ0v) is 18.0. The molecule has 1 fully saturated rings. The van der Waals surface area contributed by atoms with Crippen LogP contribution >= 0.6 is 0 Å². The molecule has 2 aromatic heterocycles. The molecule has 3 heterocycles. The molecule has 162 valence electrons. The SMILES string of the molecule is CCCCS(=O)(=O)N1CCC(C(=O)Nc2ncccc2OCc2ccncc2)CC1. The van der Waals surface area contributed by atoms with Crippen LogP contribution < -0.4 is 10.1 Å². The number of nitrogens with zero attached hydrogens (tertiary/aromatic N) is 3. The summed E-state index contributed by atoms with van der Waals surface area (Å²) in [4.78, 5) is 21.0. The predicted octanol–water partition coefficient (Wildman–Crippen LogP) is 2.84. The third kappa shape index (κ3) is 5.99. The van der Waals surface area contributed by atoms with Crippen molar-refractivity contribution in [3.8, 4) is 5.75 Å². The first-order valence-corrected chi connectivity index (χ1v) is 11.9. The van der Waals surface area contributed by atoms with Crippen LogP contribution in [0.5, 0.6) is 5.75 Å². The first-order chi connectivity index (χ1) is 14.5. The van der Waals surface area contributed by atoms with E-state index in [0.29, 0.717) is 50.5 Å². The molecule has 30 heavy (non-hydrogen) atoms. The molecule has 0 unspecified atom stereocenters. The van der Waals surface area contributed by atoms with Gasteiger partial charge in [-0.3, -0.25) is 9.78 Å². The second-order valence-electron chi connectivity index (χ2n) is 7.33. The molecule has 0 bridgehead atoms. The third-order valence-electron chi connectivity index (χ3n) is 5.13. The number of aromatic nitrogens is 2. The van der Waals surface area contributed by atoms with E-state index in [1.165, 1.54) is 4.31 Å². The predicted molar refractivity (Wildman–Crippen MR) is 114 cm³/mol. The van der Waals surface area contributed by atoms with E-state index in [0.717, 1.165) is 12.0 Å². The molecular formula is C21H28N4O4S. The van der Waals surface area contributed by atoms with Crippen LogP contribution in [0.15, 0.2) is 42.9 Å². The monoisotopic (exact) mass is 432 g/mol. The number of hydrogen-bond acceptors (Lipinski definition) is 6. The number of sulfonamides is 1. The topological polar surface area (TPSA) is 101 Å². The molecule has 0 aliphatic carbocycles. The van der Waals surface area contributed by atoms with Gasteiger partial charge in [0, 0.05) is 37.6 Å². The van der Waals surface area contributed by atoms with Gasteiger partial charge in [-0.1, -0.05) is 13.3 Å². The van der Waals surface area contributed by atoms with Crippen molar-refractivity contribution in [2.24, 2.45) is 5.92 Å². The van der Waals surface area contributed by atoms with Gasteiger partial charge in [-0.15, -0.1) is 0 Å². The van der Waals surface area contributed by atoms with Gasteiger partial charge in [0.05, 0.1) is 5.75 Å². The number of hydrogen-bond donors (Lipinski definition) is 1. The van der Waals surface area contributed by atoms with Crippen LogP contribution in [0.1, 0.15) is 38.2 Å². The van der Waals surface area contributed by atoms with E-state index in [2.05, 4.69) is 15.3 Å². The van der Waals surface area contributed by atoms with Crippen LogP contribution in [0, 0.1) is 5.92 Å². The van der Waals surface area contributed by atoms with Gasteiger partial charge in [0.2, 0.25) is 15.9 Å². The second kappa shape index (κ2) is 10.5. The number of carbonyl (C=O) groups excluding carboxylic acids is 1. The number of pyridine rings is 2. The largest absolute Gasteiger partial charge is 0.485 e. The van der Waals surface area contributed by atoms with Gasteiger partial charge < -0.3 is 10.1 Å². The lowest BCUT2D eigenvalue weighted by atomic mass is 9.97. The lowest BCUT2D eigenvalue weighted by Crippen LogP contribution is -2.42. The van der Waals surface area contributed by atoms with Crippen molar-refractivity contribution in [1.29, 1.82) is 0 Å². The van der Waals surface area contributed by atoms with E-state index in [1.807, 2.05) is 19.1 Å². The average molecular weight is 433 g/mol. The van der Waals surface area contributed by atoms with Crippen molar-refractivity contribution in [2.75, 3.05) is 24.2 Å². The van der Waals surface area contributed by atoms with Crippen LogP contribution in [0.4, 0.5) is 5.82 Å². The Bertz CT molecular complexity index is 929. The van der Waals surface area contributed by atoms with Crippen molar-refractivity contribution >= 4 is 21.7 Å². The van der Waals surface area contributed by atoms with Crippen molar-refractivity contribution in [3.63, 3.8) is 0 Å². The highest BCUT2D eigenvalue weighted by atomic mass is 32.2. The summed E-state index contributed by atoms with van der Waals surface area (Å²) in [5.41, 5.74) is 0.961. The molecule has 0 atom stereocenters. The van der Waals surface area contributed by atoms with Gasteiger partial charge in [0.15, 0.2) is 11.6 Å². The highest BCUT2D eigenvalue weighted by molar-refractivity contribution is 7.89. The van der Waals surface area contributed by atoms with Gasteiger partial charge in [-0.05, 0) is 49.1 Å². The standard InChI is InChI=1S/C21H28N4O4S/c1-2-3-15-30(27,28)25-13-8-18(9-14-25)21(26)24-20-19(5-4-10-23-20)29-16-17-6-11-22-12-7-17/h4-7,10-12,18H,2-3,8-9,13-16H2,1H3,(H,23,24,26). The summed E-state index contributed by atoms with van der Waals surface area (Å²) in [5, 5.41) is 2.85. The fourth-order valence-electron chi connectivity index (χ4n) is 3.31. The summed E-state index contributed by atoms with van der Waals surface area (Å²) >= 11 is 0. The molecule has 1 aliphatic heterocycles. The summed E-state index contributed by atoms with van der Waals surface area (Å²) in [6, 6.07) is 7.22. The van der Waals surface area contributed by atoms with Gasteiger partial charge in [-0.2, -0.15) is 0 Å². The van der Waals surface area contributed by atoms with Gasteiger partial charge >= 0.3 is 0 Å². The summed E-state index contributed by atoms with van der Waals surface area (Å²) in [7, 11) is -3.23. The van der Waals surface area contributed by atoms with E-state index in [-0.39, 0.29) is 17.6 Å². The van der Waals surface area contributed by atoms with Crippen LogP contribution in [-0.2, 0) is 21.4 Å². The van der Waals surface area contributed by atoms with E-state index < -0.39 is 10.0 Å². The molecular weight excluding hydrogens is 404 g/mol. The Morgan fingerprint density at radius 3 is 2.63 bits per heavy atom. The highest BCUT2D eigenvalue weighted by Crippen LogP contribution is 2.26. The Kier molecular flexibility index (Phi) is 7.75. The normalized spacial score (nSPS) is 15.6. The number of nitrogens with one attached hydrogen (secondary N) is 1. The first-order valence-electron chi connectivity index (χ1n) is 10.2. The Labute approximate surface area is 177 Å². The first kappa shape index (κ1) is 22.2. The molecule has 3 rings (SSSR count). The van der Waals surface area contributed by atoms with Crippen molar-refractivity contribution < 1.29 is 17.9 Å². The minimum Gasteiger partial charge on any atom is -0.485 e. The molecule has 1 aliphatic rings. The number of anilines is 1. The van der Waals surface area contributed by atoms with Crippen molar-refractivity contribution in [3.05, 3.63) is 48.4 Å². The maximum Gasteiger partial charge on any atom is 0.228 e. The maximum absolute atomic E-state index is 12.7. The number of rotatable bonds is 9. The van der Waals surface area contributed by atoms with E-state index in [9.17, 15) is 13.2 Å².